The van der Waals surface area contributed by atoms with Crippen LogP contribution in [0.25, 0.3) is 0 Å². The summed E-state index contributed by atoms with van der Waals surface area (Å²) in [6.45, 7) is 3.01. The van der Waals surface area contributed by atoms with Gasteiger partial charge in [0.05, 0.1) is 12.2 Å². The molecule has 2 unspecified atom stereocenters. The molecule has 2 rings (SSSR count). The van der Waals surface area contributed by atoms with Crippen molar-refractivity contribution in [2.24, 2.45) is 11.8 Å². The topological polar surface area (TPSA) is 46.5 Å². The number of hydrogen-bond acceptors (Lipinski definition) is 2. The number of carboxylic acids is 1. The van der Waals surface area contributed by atoms with Crippen LogP contribution in [-0.4, -0.2) is 17.7 Å². The second-order valence-corrected chi connectivity index (χ2v) is 8.89. The fourth-order valence-electron chi connectivity index (χ4n) is 4.81. The molecule has 0 spiro atoms. The van der Waals surface area contributed by atoms with Crippen LogP contribution in [0.3, 0.4) is 0 Å². The van der Waals surface area contributed by atoms with Gasteiger partial charge in [-0.2, -0.15) is 0 Å². The molecule has 1 fully saturated rings. The van der Waals surface area contributed by atoms with E-state index in [0.717, 1.165) is 30.6 Å². The molecule has 0 aliphatic heterocycles. The van der Waals surface area contributed by atoms with Gasteiger partial charge in [0, 0.05) is 0 Å². The molecule has 2 atom stereocenters. The lowest BCUT2D eigenvalue weighted by atomic mass is 9.74. The van der Waals surface area contributed by atoms with Gasteiger partial charge in [0.15, 0.2) is 0 Å². The van der Waals surface area contributed by atoms with Crippen LogP contribution in [0.4, 0.5) is 0 Å². The Morgan fingerprint density at radius 3 is 2.00 bits per heavy atom. The molecular formula is C26H42O3. The average Bonchev–Trinajstić information content (AvgIpc) is 2.74. The first-order valence-electron chi connectivity index (χ1n) is 12.2. The third-order valence-corrected chi connectivity index (χ3v) is 6.58. The van der Waals surface area contributed by atoms with Gasteiger partial charge in [0.25, 0.3) is 0 Å². The predicted octanol–water partition coefficient (Wildman–Crippen LogP) is 7.88. The molecule has 0 amide bonds. The zero-order chi connectivity index (χ0) is 20.7. The van der Waals surface area contributed by atoms with E-state index in [1.54, 1.807) is 24.3 Å². The smallest absolute Gasteiger partial charge is 0.335 e. The molecular weight excluding hydrogens is 360 g/mol. The molecule has 0 saturated heterocycles. The van der Waals surface area contributed by atoms with Crippen LogP contribution >= 0.6 is 0 Å². The first-order chi connectivity index (χ1) is 14.2. The van der Waals surface area contributed by atoms with E-state index in [2.05, 4.69) is 6.92 Å². The lowest BCUT2D eigenvalue weighted by molar-refractivity contribution is 0.0697. The molecule has 1 aliphatic carbocycles. The monoisotopic (exact) mass is 402 g/mol. The van der Waals surface area contributed by atoms with Crippen LogP contribution < -0.4 is 4.74 Å². The van der Waals surface area contributed by atoms with Crippen LogP contribution in [0, 0.1) is 11.8 Å². The van der Waals surface area contributed by atoms with Crippen molar-refractivity contribution in [3.63, 3.8) is 0 Å². The summed E-state index contributed by atoms with van der Waals surface area (Å²) in [6, 6.07) is 6.74. The van der Waals surface area contributed by atoms with Crippen molar-refractivity contribution in [1.82, 2.24) is 0 Å². The van der Waals surface area contributed by atoms with Crippen molar-refractivity contribution in [2.75, 3.05) is 6.61 Å². The van der Waals surface area contributed by atoms with E-state index in [1.165, 1.54) is 89.9 Å². The fraction of sp³-hybridized carbons (Fsp3) is 0.731. The third-order valence-electron chi connectivity index (χ3n) is 6.58. The highest BCUT2D eigenvalue weighted by atomic mass is 16.5. The molecule has 1 aromatic carbocycles. The van der Waals surface area contributed by atoms with Gasteiger partial charge in [-0.25, -0.2) is 4.79 Å². The summed E-state index contributed by atoms with van der Waals surface area (Å²) >= 11 is 0. The lowest BCUT2D eigenvalue weighted by Gasteiger charge is -2.32. The molecule has 1 aliphatic rings. The third kappa shape index (κ3) is 9.69. The average molecular weight is 403 g/mol. The maximum atomic E-state index is 10.9. The van der Waals surface area contributed by atoms with Crippen molar-refractivity contribution >= 4 is 5.97 Å². The first kappa shape index (κ1) is 23.8. The van der Waals surface area contributed by atoms with Crippen LogP contribution in [0.15, 0.2) is 24.3 Å². The van der Waals surface area contributed by atoms with Crippen LogP contribution in [-0.2, 0) is 0 Å². The molecule has 1 saturated carbocycles. The van der Waals surface area contributed by atoms with Crippen molar-refractivity contribution in [3.8, 4) is 5.75 Å². The number of unbranched alkanes of at least 4 members (excludes halogenated alkanes) is 7. The maximum absolute atomic E-state index is 10.9. The minimum atomic E-state index is -0.892. The van der Waals surface area contributed by atoms with Crippen molar-refractivity contribution in [1.29, 1.82) is 0 Å². The van der Waals surface area contributed by atoms with Gasteiger partial charge in [-0.05, 0) is 48.9 Å². The molecule has 0 heterocycles. The minimum absolute atomic E-state index is 0.309. The van der Waals surface area contributed by atoms with Gasteiger partial charge in [0.2, 0.25) is 0 Å². The quantitative estimate of drug-likeness (QED) is 0.303. The van der Waals surface area contributed by atoms with E-state index >= 15 is 0 Å². The number of ether oxygens (including phenoxy) is 1. The Labute approximate surface area is 178 Å². The molecule has 1 N–H and O–H groups in total. The largest absolute Gasteiger partial charge is 0.494 e. The summed E-state index contributed by atoms with van der Waals surface area (Å²) in [4.78, 5) is 10.9. The van der Waals surface area contributed by atoms with Gasteiger partial charge < -0.3 is 9.84 Å². The van der Waals surface area contributed by atoms with Gasteiger partial charge in [-0.15, -0.1) is 0 Å². The zero-order valence-corrected chi connectivity index (χ0v) is 18.5. The highest BCUT2D eigenvalue weighted by molar-refractivity contribution is 5.87. The van der Waals surface area contributed by atoms with E-state index in [4.69, 9.17) is 9.84 Å². The minimum Gasteiger partial charge on any atom is -0.494 e. The Bertz CT molecular complexity index is 552. The molecule has 0 bridgehead atoms. The van der Waals surface area contributed by atoms with E-state index in [0.29, 0.717) is 5.56 Å². The summed E-state index contributed by atoms with van der Waals surface area (Å²) in [5.74, 6) is 1.69. The number of aromatic carboxylic acids is 1. The molecule has 1 aromatic rings. The van der Waals surface area contributed by atoms with E-state index < -0.39 is 5.97 Å². The SMILES string of the molecule is CCCCCCCCCCC1CCCCC1CCCOc1ccc(C(=O)O)cc1. The van der Waals surface area contributed by atoms with Crippen molar-refractivity contribution in [2.45, 2.75) is 103 Å². The molecule has 164 valence electrons. The van der Waals surface area contributed by atoms with Crippen LogP contribution in [0.2, 0.25) is 0 Å². The Hall–Kier alpha value is -1.51. The Morgan fingerprint density at radius 2 is 1.41 bits per heavy atom. The molecule has 0 aromatic heterocycles. The second-order valence-electron chi connectivity index (χ2n) is 8.89. The highest BCUT2D eigenvalue weighted by Gasteiger charge is 2.24. The van der Waals surface area contributed by atoms with Crippen molar-refractivity contribution < 1.29 is 14.6 Å². The van der Waals surface area contributed by atoms with Gasteiger partial charge >= 0.3 is 5.97 Å². The van der Waals surface area contributed by atoms with Crippen molar-refractivity contribution in [3.05, 3.63) is 29.8 Å². The van der Waals surface area contributed by atoms with E-state index in [-0.39, 0.29) is 0 Å². The van der Waals surface area contributed by atoms with E-state index in [1.807, 2.05) is 0 Å². The summed E-state index contributed by atoms with van der Waals surface area (Å²) < 4.78 is 5.83. The maximum Gasteiger partial charge on any atom is 0.335 e. The summed E-state index contributed by atoms with van der Waals surface area (Å²) in [7, 11) is 0. The Morgan fingerprint density at radius 1 is 0.862 bits per heavy atom. The Kier molecular flexibility index (Phi) is 11.9. The standard InChI is InChI=1S/C26H42O3/c1-2-3-4-5-6-7-8-9-13-22-14-10-11-15-23(22)16-12-21-29-25-19-17-24(18-20-25)26(27)28/h17-20,22-23H,2-16,21H2,1H3,(H,27,28). The number of hydrogen-bond donors (Lipinski definition) is 1. The number of rotatable bonds is 15. The first-order valence-corrected chi connectivity index (χ1v) is 12.2. The summed E-state index contributed by atoms with van der Waals surface area (Å²) in [6.07, 6.45) is 20.7. The second kappa shape index (κ2) is 14.5. The Balaban J connectivity index is 1.58. The fourth-order valence-corrected chi connectivity index (χ4v) is 4.81. The normalized spacial score (nSPS) is 19.2. The molecule has 29 heavy (non-hydrogen) atoms. The summed E-state index contributed by atoms with van der Waals surface area (Å²) in [5, 5.41) is 8.95. The number of carboxylic acid groups (broad SMARTS) is 1. The van der Waals surface area contributed by atoms with Gasteiger partial charge in [-0.3, -0.25) is 0 Å². The van der Waals surface area contributed by atoms with Gasteiger partial charge in [-0.1, -0.05) is 90.4 Å². The zero-order valence-electron chi connectivity index (χ0n) is 18.5. The number of carbonyl (C=O) groups is 1. The van der Waals surface area contributed by atoms with Crippen LogP contribution in [0.5, 0.6) is 5.75 Å². The van der Waals surface area contributed by atoms with Crippen LogP contribution in [0.1, 0.15) is 114 Å². The van der Waals surface area contributed by atoms with Gasteiger partial charge in [0.1, 0.15) is 5.75 Å². The lowest BCUT2D eigenvalue weighted by Crippen LogP contribution is -2.20. The molecule has 0 radical (unpaired) electrons. The predicted molar refractivity (Wildman–Crippen MR) is 121 cm³/mol. The number of benzene rings is 1. The van der Waals surface area contributed by atoms with E-state index in [9.17, 15) is 4.79 Å². The summed E-state index contributed by atoms with van der Waals surface area (Å²) in [5.41, 5.74) is 0.309. The molecule has 3 nitrogen and oxygen atoms in total. The molecule has 3 heteroatoms. The highest BCUT2D eigenvalue weighted by Crippen LogP contribution is 2.36.